The van der Waals surface area contributed by atoms with Crippen LogP contribution >= 0.6 is 0 Å². The number of hydrogen-bond donors (Lipinski definition) is 2. The number of anilines is 1. The maximum absolute atomic E-state index is 13.3. The fourth-order valence-corrected chi connectivity index (χ4v) is 2.25. The molecule has 1 fully saturated rings. The number of aryl methyl sites for hydroxylation is 1. The molecule has 0 aliphatic carbocycles. The average molecular weight is 280 g/mol. The van der Waals surface area contributed by atoms with Crippen molar-refractivity contribution in [3.63, 3.8) is 0 Å². The average Bonchev–Trinajstić information content (AvgIpc) is 2.82. The molecule has 20 heavy (non-hydrogen) atoms. The van der Waals surface area contributed by atoms with E-state index in [0.29, 0.717) is 30.8 Å². The summed E-state index contributed by atoms with van der Waals surface area (Å²) in [5, 5.41) is 11.5. The number of hydrogen-bond acceptors (Lipinski definition) is 3. The lowest BCUT2D eigenvalue weighted by Gasteiger charge is -2.15. The van der Waals surface area contributed by atoms with Gasteiger partial charge >= 0.3 is 5.97 Å². The number of carboxylic acid groups (broad SMARTS) is 1. The Labute approximate surface area is 116 Å². The minimum atomic E-state index is -0.825. The summed E-state index contributed by atoms with van der Waals surface area (Å²) >= 11 is 0. The number of carboxylic acids is 1. The van der Waals surface area contributed by atoms with E-state index in [-0.39, 0.29) is 18.3 Å². The zero-order chi connectivity index (χ0) is 14.7. The molecular weight excluding hydrogens is 263 g/mol. The van der Waals surface area contributed by atoms with Gasteiger partial charge in [-0.05, 0) is 37.6 Å². The highest BCUT2D eigenvalue weighted by molar-refractivity contribution is 5.92. The number of carbonyl (C=O) groups excluding carboxylic acids is 1. The van der Waals surface area contributed by atoms with Crippen molar-refractivity contribution in [2.24, 2.45) is 5.92 Å². The van der Waals surface area contributed by atoms with E-state index in [0.717, 1.165) is 0 Å². The number of rotatable bonds is 4. The highest BCUT2D eigenvalue weighted by atomic mass is 19.1. The Morgan fingerprint density at radius 2 is 2.25 bits per heavy atom. The maximum Gasteiger partial charge on any atom is 0.307 e. The Bertz CT molecular complexity index is 533. The molecule has 6 heteroatoms. The number of aliphatic carboxylic acids is 1. The fraction of sp³-hybridized carbons (Fsp3) is 0.429. The van der Waals surface area contributed by atoms with Crippen molar-refractivity contribution < 1.29 is 19.1 Å². The third-order valence-corrected chi connectivity index (χ3v) is 3.44. The summed E-state index contributed by atoms with van der Waals surface area (Å²) in [6.45, 7) is 2.74. The standard InChI is InChI=1S/C14H17FN2O3/c1-9-2-3-11(6-12(9)15)16-13(18)8-17-5-4-10(7-17)14(19)20/h2-3,6,10H,4-5,7-8H2,1H3,(H,16,18)(H,19,20). The second-order valence-electron chi connectivity index (χ2n) is 5.07. The van der Waals surface area contributed by atoms with Crippen LogP contribution in [0.3, 0.4) is 0 Å². The van der Waals surface area contributed by atoms with Crippen LogP contribution in [0.1, 0.15) is 12.0 Å². The van der Waals surface area contributed by atoms with Crippen molar-refractivity contribution in [1.82, 2.24) is 4.90 Å². The van der Waals surface area contributed by atoms with Gasteiger partial charge in [-0.25, -0.2) is 4.39 Å². The van der Waals surface area contributed by atoms with Crippen molar-refractivity contribution in [3.05, 3.63) is 29.6 Å². The number of amides is 1. The smallest absolute Gasteiger partial charge is 0.307 e. The topological polar surface area (TPSA) is 69.6 Å². The van der Waals surface area contributed by atoms with Crippen LogP contribution in [0.4, 0.5) is 10.1 Å². The van der Waals surface area contributed by atoms with Crippen molar-refractivity contribution in [1.29, 1.82) is 0 Å². The van der Waals surface area contributed by atoms with Gasteiger partial charge in [0.25, 0.3) is 0 Å². The monoisotopic (exact) mass is 280 g/mol. The summed E-state index contributed by atoms with van der Waals surface area (Å²) in [6.07, 6.45) is 0.557. The first-order chi connectivity index (χ1) is 9.45. The zero-order valence-corrected chi connectivity index (χ0v) is 11.2. The Kier molecular flexibility index (Phi) is 4.34. The molecule has 5 nitrogen and oxygen atoms in total. The molecule has 1 saturated heterocycles. The number of benzene rings is 1. The van der Waals surface area contributed by atoms with E-state index in [4.69, 9.17) is 5.11 Å². The summed E-state index contributed by atoms with van der Waals surface area (Å²) in [5.74, 6) is -1.86. The van der Waals surface area contributed by atoms with Crippen molar-refractivity contribution in [3.8, 4) is 0 Å². The predicted molar refractivity (Wildman–Crippen MR) is 71.9 cm³/mol. The van der Waals surface area contributed by atoms with Gasteiger partial charge in [-0.15, -0.1) is 0 Å². The van der Waals surface area contributed by atoms with Crippen LogP contribution in [-0.2, 0) is 9.59 Å². The van der Waals surface area contributed by atoms with Crippen LogP contribution in [0.15, 0.2) is 18.2 Å². The van der Waals surface area contributed by atoms with Gasteiger partial charge in [-0.3, -0.25) is 14.5 Å². The summed E-state index contributed by atoms with van der Waals surface area (Å²) < 4.78 is 13.3. The third kappa shape index (κ3) is 3.54. The largest absolute Gasteiger partial charge is 0.481 e. The van der Waals surface area contributed by atoms with Crippen LogP contribution in [0.25, 0.3) is 0 Å². The summed E-state index contributed by atoms with van der Waals surface area (Å²) in [5.41, 5.74) is 0.930. The number of halogens is 1. The molecule has 0 spiro atoms. The van der Waals surface area contributed by atoms with Crippen LogP contribution in [0, 0.1) is 18.7 Å². The lowest BCUT2D eigenvalue weighted by Crippen LogP contribution is -2.32. The lowest BCUT2D eigenvalue weighted by atomic mass is 10.1. The van der Waals surface area contributed by atoms with Gasteiger partial charge in [0.15, 0.2) is 0 Å². The second kappa shape index (κ2) is 6.00. The van der Waals surface area contributed by atoms with E-state index in [1.54, 1.807) is 24.0 Å². The first-order valence-electron chi connectivity index (χ1n) is 6.47. The summed E-state index contributed by atoms with van der Waals surface area (Å²) in [4.78, 5) is 24.4. The third-order valence-electron chi connectivity index (χ3n) is 3.44. The van der Waals surface area contributed by atoms with E-state index in [1.165, 1.54) is 6.07 Å². The molecule has 0 radical (unpaired) electrons. The normalized spacial score (nSPS) is 19.0. The molecule has 1 amide bonds. The molecule has 0 aromatic heterocycles. The lowest BCUT2D eigenvalue weighted by molar-refractivity contribution is -0.141. The molecule has 0 bridgehead atoms. The quantitative estimate of drug-likeness (QED) is 0.876. The van der Waals surface area contributed by atoms with Gasteiger partial charge in [0.2, 0.25) is 5.91 Å². The molecular formula is C14H17FN2O3. The predicted octanol–water partition coefficient (Wildman–Crippen LogP) is 1.48. The van der Waals surface area contributed by atoms with Crippen molar-refractivity contribution in [2.45, 2.75) is 13.3 Å². The summed E-state index contributed by atoms with van der Waals surface area (Å²) in [7, 11) is 0. The molecule has 2 rings (SSSR count). The summed E-state index contributed by atoms with van der Waals surface area (Å²) in [6, 6.07) is 4.51. The van der Waals surface area contributed by atoms with Gasteiger partial charge < -0.3 is 10.4 Å². The van der Waals surface area contributed by atoms with E-state index in [2.05, 4.69) is 5.32 Å². The molecule has 1 aliphatic heterocycles. The van der Waals surface area contributed by atoms with E-state index in [1.807, 2.05) is 0 Å². The Morgan fingerprint density at radius 1 is 1.50 bits per heavy atom. The maximum atomic E-state index is 13.3. The van der Waals surface area contributed by atoms with Crippen LogP contribution < -0.4 is 5.32 Å². The molecule has 108 valence electrons. The molecule has 1 aromatic carbocycles. The minimum Gasteiger partial charge on any atom is -0.481 e. The van der Waals surface area contributed by atoms with E-state index in [9.17, 15) is 14.0 Å². The number of carbonyl (C=O) groups is 2. The number of likely N-dealkylation sites (tertiary alicyclic amines) is 1. The molecule has 1 heterocycles. The molecule has 1 aliphatic rings. The molecule has 0 saturated carbocycles. The van der Waals surface area contributed by atoms with Crippen molar-refractivity contribution in [2.75, 3.05) is 25.0 Å². The van der Waals surface area contributed by atoms with E-state index < -0.39 is 11.9 Å². The fourth-order valence-electron chi connectivity index (χ4n) is 2.25. The number of nitrogens with zero attached hydrogens (tertiary/aromatic N) is 1. The molecule has 1 atom stereocenters. The van der Waals surface area contributed by atoms with Crippen molar-refractivity contribution >= 4 is 17.6 Å². The van der Waals surface area contributed by atoms with Gasteiger partial charge in [0.1, 0.15) is 5.82 Å². The van der Waals surface area contributed by atoms with Crippen LogP contribution in [0.2, 0.25) is 0 Å². The Morgan fingerprint density at radius 3 is 2.85 bits per heavy atom. The van der Waals surface area contributed by atoms with Gasteiger partial charge in [0.05, 0.1) is 12.5 Å². The van der Waals surface area contributed by atoms with Gasteiger partial charge in [0, 0.05) is 12.2 Å². The zero-order valence-electron chi connectivity index (χ0n) is 11.2. The first kappa shape index (κ1) is 14.5. The number of nitrogens with one attached hydrogen (secondary N) is 1. The molecule has 2 N–H and O–H groups in total. The van der Waals surface area contributed by atoms with Gasteiger partial charge in [-0.1, -0.05) is 6.07 Å². The second-order valence-corrected chi connectivity index (χ2v) is 5.07. The van der Waals surface area contributed by atoms with E-state index >= 15 is 0 Å². The Hall–Kier alpha value is -1.95. The van der Waals surface area contributed by atoms with Gasteiger partial charge in [-0.2, -0.15) is 0 Å². The molecule has 1 aromatic rings. The Balaban J connectivity index is 1.87. The minimum absolute atomic E-state index is 0.124. The highest BCUT2D eigenvalue weighted by Gasteiger charge is 2.28. The van der Waals surface area contributed by atoms with Crippen LogP contribution in [-0.4, -0.2) is 41.5 Å². The highest BCUT2D eigenvalue weighted by Crippen LogP contribution is 2.17. The first-order valence-corrected chi connectivity index (χ1v) is 6.47. The SMILES string of the molecule is Cc1ccc(NC(=O)CN2CCC(C(=O)O)C2)cc1F. The molecule has 1 unspecified atom stereocenters. The van der Waals surface area contributed by atoms with Crippen LogP contribution in [0.5, 0.6) is 0 Å².